The highest BCUT2D eigenvalue weighted by Crippen LogP contribution is 2.15. The van der Waals surface area contributed by atoms with Crippen LogP contribution in [0, 0.1) is 6.92 Å². The molecule has 0 aliphatic carbocycles. The third-order valence-electron chi connectivity index (χ3n) is 3.22. The lowest BCUT2D eigenvalue weighted by Crippen LogP contribution is -2.24. The maximum Gasteiger partial charge on any atom is 0.251 e. The maximum absolute atomic E-state index is 12.2. The molecule has 3 N–H and O–H groups in total. The smallest absolute Gasteiger partial charge is 0.251 e. The summed E-state index contributed by atoms with van der Waals surface area (Å²) in [6.07, 6.45) is 0. The molecule has 0 atom stereocenters. The predicted molar refractivity (Wildman–Crippen MR) is 81.7 cm³/mol. The highest BCUT2D eigenvalue weighted by molar-refractivity contribution is 6.31. The van der Waals surface area contributed by atoms with Crippen LogP contribution in [0.5, 0.6) is 0 Å². The molecule has 0 bridgehead atoms. The molecule has 0 aliphatic heterocycles. The molecule has 0 aromatic heterocycles. The van der Waals surface area contributed by atoms with Crippen molar-refractivity contribution in [3.05, 3.63) is 69.7 Å². The van der Waals surface area contributed by atoms with Crippen molar-refractivity contribution in [1.82, 2.24) is 5.32 Å². The van der Waals surface area contributed by atoms with Crippen molar-refractivity contribution in [3.8, 4) is 0 Å². The van der Waals surface area contributed by atoms with Crippen molar-refractivity contribution in [2.24, 2.45) is 5.73 Å². The SMILES string of the molecule is Cc1ccc(Cl)cc1C(=O)NCc1ccccc1CN. The summed E-state index contributed by atoms with van der Waals surface area (Å²) < 4.78 is 0. The van der Waals surface area contributed by atoms with E-state index >= 15 is 0 Å². The van der Waals surface area contributed by atoms with Crippen LogP contribution >= 0.6 is 11.6 Å². The summed E-state index contributed by atoms with van der Waals surface area (Å²) in [6, 6.07) is 13.1. The Bertz CT molecular complexity index is 626. The summed E-state index contributed by atoms with van der Waals surface area (Å²) in [7, 11) is 0. The van der Waals surface area contributed by atoms with E-state index in [0.29, 0.717) is 23.7 Å². The molecule has 0 fully saturated rings. The van der Waals surface area contributed by atoms with Gasteiger partial charge in [0.25, 0.3) is 5.91 Å². The number of carbonyl (C=O) groups excluding carboxylic acids is 1. The first kappa shape index (κ1) is 14.6. The van der Waals surface area contributed by atoms with Crippen molar-refractivity contribution < 1.29 is 4.79 Å². The van der Waals surface area contributed by atoms with E-state index in [0.717, 1.165) is 16.7 Å². The first-order chi connectivity index (χ1) is 9.61. The molecule has 0 saturated heterocycles. The number of carbonyl (C=O) groups is 1. The molecule has 2 rings (SSSR count). The molecule has 0 saturated carbocycles. The molecule has 0 spiro atoms. The van der Waals surface area contributed by atoms with E-state index in [-0.39, 0.29) is 5.91 Å². The van der Waals surface area contributed by atoms with Crippen LogP contribution in [-0.2, 0) is 13.1 Å². The molecular formula is C16H17ClN2O. The second-order valence-electron chi connectivity index (χ2n) is 4.61. The van der Waals surface area contributed by atoms with Crippen molar-refractivity contribution >= 4 is 17.5 Å². The first-order valence-corrected chi connectivity index (χ1v) is 6.81. The molecule has 20 heavy (non-hydrogen) atoms. The standard InChI is InChI=1S/C16H17ClN2O/c1-11-6-7-14(17)8-15(11)16(20)19-10-13-5-3-2-4-12(13)9-18/h2-8H,9-10,18H2,1H3,(H,19,20). The van der Waals surface area contributed by atoms with Crippen LogP contribution in [-0.4, -0.2) is 5.91 Å². The van der Waals surface area contributed by atoms with Gasteiger partial charge in [-0.15, -0.1) is 0 Å². The lowest BCUT2D eigenvalue weighted by Gasteiger charge is -2.10. The monoisotopic (exact) mass is 288 g/mol. The Labute approximate surface area is 123 Å². The lowest BCUT2D eigenvalue weighted by atomic mass is 10.1. The zero-order valence-electron chi connectivity index (χ0n) is 11.3. The number of nitrogens with one attached hydrogen (secondary N) is 1. The zero-order chi connectivity index (χ0) is 14.5. The number of nitrogens with two attached hydrogens (primary N) is 1. The number of hydrogen-bond acceptors (Lipinski definition) is 2. The number of amides is 1. The first-order valence-electron chi connectivity index (χ1n) is 6.43. The summed E-state index contributed by atoms with van der Waals surface area (Å²) >= 11 is 5.93. The topological polar surface area (TPSA) is 55.1 Å². The van der Waals surface area contributed by atoms with Gasteiger partial charge < -0.3 is 11.1 Å². The summed E-state index contributed by atoms with van der Waals surface area (Å²) in [5, 5.41) is 3.46. The molecule has 0 aliphatic rings. The van der Waals surface area contributed by atoms with Gasteiger partial charge in [0, 0.05) is 23.7 Å². The van der Waals surface area contributed by atoms with Gasteiger partial charge in [0.2, 0.25) is 0 Å². The summed E-state index contributed by atoms with van der Waals surface area (Å²) in [5.74, 6) is -0.128. The van der Waals surface area contributed by atoms with Crippen molar-refractivity contribution in [2.45, 2.75) is 20.0 Å². The Hall–Kier alpha value is -1.84. The van der Waals surface area contributed by atoms with Gasteiger partial charge in [-0.25, -0.2) is 0 Å². The molecule has 2 aromatic rings. The van der Waals surface area contributed by atoms with Gasteiger partial charge in [0.15, 0.2) is 0 Å². The molecule has 0 heterocycles. The van der Waals surface area contributed by atoms with Crippen molar-refractivity contribution in [3.63, 3.8) is 0 Å². The van der Waals surface area contributed by atoms with Gasteiger partial charge in [-0.1, -0.05) is 41.9 Å². The molecule has 0 unspecified atom stereocenters. The molecule has 104 valence electrons. The van der Waals surface area contributed by atoms with Crippen LogP contribution < -0.4 is 11.1 Å². The van der Waals surface area contributed by atoms with E-state index in [1.807, 2.05) is 37.3 Å². The third-order valence-corrected chi connectivity index (χ3v) is 3.46. The molecule has 3 nitrogen and oxygen atoms in total. The van der Waals surface area contributed by atoms with Crippen LogP contribution in [0.3, 0.4) is 0 Å². The maximum atomic E-state index is 12.2. The Morgan fingerprint density at radius 3 is 2.60 bits per heavy atom. The number of benzene rings is 2. The molecule has 0 radical (unpaired) electrons. The average molecular weight is 289 g/mol. The van der Waals surface area contributed by atoms with E-state index in [2.05, 4.69) is 5.32 Å². The second-order valence-corrected chi connectivity index (χ2v) is 5.05. The molecular weight excluding hydrogens is 272 g/mol. The van der Waals surface area contributed by atoms with E-state index in [1.165, 1.54) is 0 Å². The third kappa shape index (κ3) is 3.38. The highest BCUT2D eigenvalue weighted by atomic mass is 35.5. The van der Waals surface area contributed by atoms with E-state index < -0.39 is 0 Å². The largest absolute Gasteiger partial charge is 0.348 e. The lowest BCUT2D eigenvalue weighted by molar-refractivity contribution is 0.0950. The van der Waals surface area contributed by atoms with Crippen LogP contribution in [0.15, 0.2) is 42.5 Å². The predicted octanol–water partition coefficient (Wildman–Crippen LogP) is 3.04. The summed E-state index contributed by atoms with van der Waals surface area (Å²) in [5.41, 5.74) is 9.25. The fourth-order valence-corrected chi connectivity index (χ4v) is 2.21. The van der Waals surface area contributed by atoms with E-state index in [9.17, 15) is 4.79 Å². The Morgan fingerprint density at radius 2 is 1.90 bits per heavy atom. The van der Waals surface area contributed by atoms with Gasteiger partial charge >= 0.3 is 0 Å². The quantitative estimate of drug-likeness (QED) is 0.908. The average Bonchev–Trinajstić information content (AvgIpc) is 2.47. The van der Waals surface area contributed by atoms with Crippen LogP contribution in [0.4, 0.5) is 0 Å². The molecule has 2 aromatic carbocycles. The molecule has 4 heteroatoms. The number of aryl methyl sites for hydroxylation is 1. The minimum absolute atomic E-state index is 0.128. The normalized spacial score (nSPS) is 10.3. The van der Waals surface area contributed by atoms with Crippen LogP contribution in [0.1, 0.15) is 27.0 Å². The van der Waals surface area contributed by atoms with Crippen LogP contribution in [0.2, 0.25) is 5.02 Å². The van der Waals surface area contributed by atoms with Crippen molar-refractivity contribution in [1.29, 1.82) is 0 Å². The van der Waals surface area contributed by atoms with E-state index in [1.54, 1.807) is 12.1 Å². The number of halogens is 1. The summed E-state index contributed by atoms with van der Waals surface area (Å²) in [6.45, 7) is 2.81. The number of rotatable bonds is 4. The fraction of sp³-hybridized carbons (Fsp3) is 0.188. The van der Waals surface area contributed by atoms with Gasteiger partial charge in [0.05, 0.1) is 0 Å². The second kappa shape index (κ2) is 6.55. The Morgan fingerprint density at radius 1 is 1.20 bits per heavy atom. The van der Waals surface area contributed by atoms with Gasteiger partial charge in [-0.2, -0.15) is 0 Å². The zero-order valence-corrected chi connectivity index (χ0v) is 12.1. The Kier molecular flexibility index (Phi) is 4.77. The van der Waals surface area contributed by atoms with E-state index in [4.69, 9.17) is 17.3 Å². The van der Waals surface area contributed by atoms with Gasteiger partial charge in [0.1, 0.15) is 0 Å². The minimum Gasteiger partial charge on any atom is -0.348 e. The highest BCUT2D eigenvalue weighted by Gasteiger charge is 2.10. The fourth-order valence-electron chi connectivity index (χ4n) is 2.04. The van der Waals surface area contributed by atoms with Gasteiger partial charge in [-0.05, 0) is 35.7 Å². The van der Waals surface area contributed by atoms with Gasteiger partial charge in [-0.3, -0.25) is 4.79 Å². The Balaban J connectivity index is 2.11. The van der Waals surface area contributed by atoms with Crippen LogP contribution in [0.25, 0.3) is 0 Å². The summed E-state index contributed by atoms with van der Waals surface area (Å²) in [4.78, 5) is 12.2. The van der Waals surface area contributed by atoms with Crippen molar-refractivity contribution in [2.75, 3.05) is 0 Å². The minimum atomic E-state index is -0.128. The molecule has 1 amide bonds. The number of hydrogen-bond donors (Lipinski definition) is 2.